The highest BCUT2D eigenvalue weighted by Crippen LogP contribution is 2.34. The third-order valence-corrected chi connectivity index (χ3v) is 5.25. The van der Waals surface area contributed by atoms with Gasteiger partial charge in [-0.1, -0.05) is 12.1 Å². The number of nitrogens with zero attached hydrogens (tertiary/aromatic N) is 1. The number of thiazole rings is 1. The maximum absolute atomic E-state index is 12.1. The fourth-order valence-electron chi connectivity index (χ4n) is 2.66. The Kier molecular flexibility index (Phi) is 5.05. The molecule has 0 spiro atoms. The van der Waals surface area contributed by atoms with Crippen LogP contribution in [0.4, 0.5) is 5.69 Å². The van der Waals surface area contributed by atoms with Crippen molar-refractivity contribution in [1.82, 2.24) is 10.3 Å². The van der Waals surface area contributed by atoms with Gasteiger partial charge < -0.3 is 14.5 Å². The SMILES string of the molecule is COc1ccc(-c2nc3ccccc3s2)cc1NC(=S)NC(=O)c1ccco1. The summed E-state index contributed by atoms with van der Waals surface area (Å²) in [7, 11) is 1.57. The highest BCUT2D eigenvalue weighted by molar-refractivity contribution is 7.80. The number of carbonyl (C=O) groups excluding carboxylic acids is 1. The first-order valence-corrected chi connectivity index (χ1v) is 9.56. The standard InChI is InChI=1S/C20H15N3O3S2/c1-25-15-9-8-12(19-21-13-5-2-3-7-17(13)28-19)11-14(15)22-20(27)23-18(24)16-6-4-10-26-16/h2-11H,1H3,(H2,22,23,24,27). The number of amides is 1. The van der Waals surface area contributed by atoms with Gasteiger partial charge in [-0.3, -0.25) is 10.1 Å². The van der Waals surface area contributed by atoms with Gasteiger partial charge in [-0.2, -0.15) is 0 Å². The monoisotopic (exact) mass is 409 g/mol. The van der Waals surface area contributed by atoms with E-state index in [0.29, 0.717) is 11.4 Å². The summed E-state index contributed by atoms with van der Waals surface area (Å²) in [5.41, 5.74) is 2.50. The lowest BCUT2D eigenvalue weighted by Crippen LogP contribution is -2.34. The molecule has 0 saturated heterocycles. The molecule has 2 N–H and O–H groups in total. The summed E-state index contributed by atoms with van der Waals surface area (Å²) >= 11 is 6.86. The van der Waals surface area contributed by atoms with Crippen molar-refractivity contribution in [3.8, 4) is 16.3 Å². The van der Waals surface area contributed by atoms with Crippen LogP contribution in [-0.4, -0.2) is 23.1 Å². The fourth-order valence-corrected chi connectivity index (χ4v) is 3.83. The maximum Gasteiger partial charge on any atom is 0.293 e. The molecule has 0 bridgehead atoms. The smallest absolute Gasteiger partial charge is 0.293 e. The van der Waals surface area contributed by atoms with Crippen LogP contribution in [0.15, 0.2) is 65.3 Å². The lowest BCUT2D eigenvalue weighted by Gasteiger charge is -2.13. The van der Waals surface area contributed by atoms with E-state index < -0.39 is 5.91 Å². The minimum atomic E-state index is -0.427. The van der Waals surface area contributed by atoms with Crippen molar-refractivity contribution < 1.29 is 13.9 Å². The number of hydrogen-bond acceptors (Lipinski definition) is 6. The molecule has 0 saturated carbocycles. The molecule has 0 atom stereocenters. The average Bonchev–Trinajstić information content (AvgIpc) is 3.37. The zero-order valence-corrected chi connectivity index (χ0v) is 16.4. The van der Waals surface area contributed by atoms with Crippen LogP contribution < -0.4 is 15.4 Å². The molecule has 140 valence electrons. The zero-order chi connectivity index (χ0) is 19.5. The highest BCUT2D eigenvalue weighted by Gasteiger charge is 2.14. The number of carbonyl (C=O) groups is 1. The Morgan fingerprint density at radius 3 is 2.79 bits per heavy atom. The van der Waals surface area contributed by atoms with Crippen LogP contribution in [0, 0.1) is 0 Å². The van der Waals surface area contributed by atoms with E-state index in [4.69, 9.17) is 21.4 Å². The van der Waals surface area contributed by atoms with E-state index in [2.05, 4.69) is 15.6 Å². The van der Waals surface area contributed by atoms with Gasteiger partial charge in [0, 0.05) is 5.56 Å². The number of methoxy groups -OCH3 is 1. The number of benzene rings is 2. The second-order valence-electron chi connectivity index (χ2n) is 5.79. The molecule has 28 heavy (non-hydrogen) atoms. The second-order valence-corrected chi connectivity index (χ2v) is 7.23. The first kappa shape index (κ1) is 18.1. The molecule has 0 aliphatic rings. The molecule has 0 aliphatic carbocycles. The van der Waals surface area contributed by atoms with Gasteiger partial charge >= 0.3 is 0 Å². The Bertz CT molecular complexity index is 1120. The van der Waals surface area contributed by atoms with Gasteiger partial charge in [0.25, 0.3) is 5.91 Å². The molecule has 0 aliphatic heterocycles. The normalized spacial score (nSPS) is 10.6. The van der Waals surface area contributed by atoms with Gasteiger partial charge in [0.1, 0.15) is 10.8 Å². The molecule has 8 heteroatoms. The van der Waals surface area contributed by atoms with Crippen LogP contribution in [0.3, 0.4) is 0 Å². The highest BCUT2D eigenvalue weighted by atomic mass is 32.1. The average molecular weight is 409 g/mol. The number of hydrogen-bond donors (Lipinski definition) is 2. The summed E-state index contributed by atoms with van der Waals surface area (Å²) in [6.45, 7) is 0. The first-order valence-electron chi connectivity index (χ1n) is 8.34. The molecule has 2 aromatic carbocycles. The van der Waals surface area contributed by atoms with Crippen molar-refractivity contribution in [3.05, 3.63) is 66.6 Å². The third-order valence-electron chi connectivity index (χ3n) is 3.96. The Balaban J connectivity index is 1.58. The minimum Gasteiger partial charge on any atom is -0.495 e. The number of ether oxygens (including phenoxy) is 1. The Hall–Kier alpha value is -3.23. The minimum absolute atomic E-state index is 0.140. The summed E-state index contributed by atoms with van der Waals surface area (Å²) in [5, 5.41) is 6.62. The van der Waals surface area contributed by atoms with Gasteiger partial charge in [0.15, 0.2) is 10.9 Å². The second kappa shape index (κ2) is 7.79. The summed E-state index contributed by atoms with van der Waals surface area (Å²) in [6.07, 6.45) is 1.43. The maximum atomic E-state index is 12.1. The zero-order valence-electron chi connectivity index (χ0n) is 14.8. The number of thiocarbonyl (C=S) groups is 1. The number of rotatable bonds is 4. The fraction of sp³-hybridized carbons (Fsp3) is 0.0500. The Labute approximate surface area is 170 Å². The van der Waals surface area contributed by atoms with Gasteiger partial charge in [-0.05, 0) is 54.7 Å². The quantitative estimate of drug-likeness (QED) is 0.476. The van der Waals surface area contributed by atoms with Gasteiger partial charge in [0.2, 0.25) is 0 Å². The number of para-hydroxylation sites is 1. The topological polar surface area (TPSA) is 76.4 Å². The molecule has 0 radical (unpaired) electrons. The molecule has 0 fully saturated rings. The third kappa shape index (κ3) is 3.73. The number of furan rings is 1. The van der Waals surface area contributed by atoms with Crippen molar-refractivity contribution >= 4 is 50.5 Å². The molecular formula is C20H15N3O3S2. The van der Waals surface area contributed by atoms with Crippen LogP contribution in [0.25, 0.3) is 20.8 Å². The van der Waals surface area contributed by atoms with E-state index in [1.165, 1.54) is 6.26 Å². The Morgan fingerprint density at radius 2 is 2.04 bits per heavy atom. The number of anilines is 1. The molecular weight excluding hydrogens is 394 g/mol. The van der Waals surface area contributed by atoms with Gasteiger partial charge in [-0.15, -0.1) is 11.3 Å². The summed E-state index contributed by atoms with van der Waals surface area (Å²) in [4.78, 5) is 16.8. The van der Waals surface area contributed by atoms with Crippen LogP contribution in [-0.2, 0) is 0 Å². The van der Waals surface area contributed by atoms with E-state index >= 15 is 0 Å². The molecule has 2 heterocycles. The van der Waals surface area contributed by atoms with Crippen LogP contribution in [0.2, 0.25) is 0 Å². The molecule has 6 nitrogen and oxygen atoms in total. The lowest BCUT2D eigenvalue weighted by atomic mass is 10.2. The lowest BCUT2D eigenvalue weighted by molar-refractivity contribution is 0.0950. The molecule has 4 rings (SSSR count). The summed E-state index contributed by atoms with van der Waals surface area (Å²) in [5.74, 6) is 0.350. The van der Waals surface area contributed by atoms with Crippen molar-refractivity contribution in [2.24, 2.45) is 0 Å². The van der Waals surface area contributed by atoms with Crippen molar-refractivity contribution in [2.45, 2.75) is 0 Å². The van der Waals surface area contributed by atoms with E-state index in [1.54, 1.807) is 30.6 Å². The van der Waals surface area contributed by atoms with E-state index in [1.807, 2.05) is 42.5 Å². The summed E-state index contributed by atoms with van der Waals surface area (Å²) < 4.78 is 11.6. The predicted octanol–water partition coefficient (Wildman–Crippen LogP) is 4.69. The predicted molar refractivity (Wildman–Crippen MR) is 114 cm³/mol. The van der Waals surface area contributed by atoms with Gasteiger partial charge in [0.05, 0.1) is 29.3 Å². The van der Waals surface area contributed by atoms with Crippen molar-refractivity contribution in [3.63, 3.8) is 0 Å². The molecule has 0 unspecified atom stereocenters. The molecule has 1 amide bonds. The number of aromatic nitrogens is 1. The largest absolute Gasteiger partial charge is 0.495 e. The van der Waals surface area contributed by atoms with Crippen molar-refractivity contribution in [2.75, 3.05) is 12.4 Å². The number of fused-ring (bicyclic) bond motifs is 1. The van der Waals surface area contributed by atoms with E-state index in [0.717, 1.165) is 20.8 Å². The van der Waals surface area contributed by atoms with Crippen LogP contribution in [0.1, 0.15) is 10.6 Å². The summed E-state index contributed by atoms with van der Waals surface area (Å²) in [6, 6.07) is 16.8. The molecule has 4 aromatic rings. The van der Waals surface area contributed by atoms with Crippen molar-refractivity contribution in [1.29, 1.82) is 0 Å². The first-order chi connectivity index (χ1) is 13.6. The van der Waals surface area contributed by atoms with E-state index in [9.17, 15) is 4.79 Å². The van der Waals surface area contributed by atoms with Gasteiger partial charge in [-0.25, -0.2) is 4.98 Å². The number of nitrogens with one attached hydrogen (secondary N) is 2. The van der Waals surface area contributed by atoms with E-state index in [-0.39, 0.29) is 10.9 Å². The Morgan fingerprint density at radius 1 is 1.18 bits per heavy atom. The molecule has 2 aromatic heterocycles. The van der Waals surface area contributed by atoms with Crippen LogP contribution in [0.5, 0.6) is 5.75 Å². The van der Waals surface area contributed by atoms with Crippen LogP contribution >= 0.6 is 23.6 Å².